The molecule has 0 aromatic heterocycles. The highest BCUT2D eigenvalue weighted by Crippen LogP contribution is 2.25. The number of likely N-dealkylation sites (tertiary alicyclic amines) is 1. The molecule has 1 aliphatic heterocycles. The van der Waals surface area contributed by atoms with Crippen LogP contribution in [0.2, 0.25) is 0 Å². The summed E-state index contributed by atoms with van der Waals surface area (Å²) < 4.78 is 33.6. The summed E-state index contributed by atoms with van der Waals surface area (Å²) in [7, 11) is -2.51. The maximum atomic E-state index is 13.1. The van der Waals surface area contributed by atoms with Crippen molar-refractivity contribution in [3.63, 3.8) is 0 Å². The zero-order valence-corrected chi connectivity index (χ0v) is 19.1. The molecule has 1 N–H and O–H groups in total. The number of anilines is 1. The lowest BCUT2D eigenvalue weighted by atomic mass is 9.96. The van der Waals surface area contributed by atoms with Crippen LogP contribution in [0, 0.1) is 26.7 Å². The molecule has 1 aliphatic rings. The van der Waals surface area contributed by atoms with Crippen molar-refractivity contribution in [2.75, 3.05) is 24.9 Å². The normalized spacial score (nSPS) is 14.9. The molecule has 166 valence electrons. The molecule has 0 atom stereocenters. The van der Waals surface area contributed by atoms with Gasteiger partial charge in [-0.15, -0.1) is 0 Å². The van der Waals surface area contributed by atoms with Crippen molar-refractivity contribution in [3.8, 4) is 0 Å². The van der Waals surface area contributed by atoms with E-state index in [-0.39, 0.29) is 22.7 Å². The predicted molar refractivity (Wildman–Crippen MR) is 119 cm³/mol. The quantitative estimate of drug-likeness (QED) is 0.713. The van der Waals surface area contributed by atoms with Crippen LogP contribution in [-0.2, 0) is 19.6 Å². The molecule has 7 nitrogen and oxygen atoms in total. The minimum atomic E-state index is -3.87. The van der Waals surface area contributed by atoms with E-state index in [2.05, 4.69) is 4.72 Å². The Bertz CT molecular complexity index is 1100. The van der Waals surface area contributed by atoms with Gasteiger partial charge in [-0.3, -0.25) is 14.3 Å². The number of sulfonamides is 1. The van der Waals surface area contributed by atoms with Crippen LogP contribution in [0.25, 0.3) is 0 Å². The molecule has 3 rings (SSSR count). The van der Waals surface area contributed by atoms with Crippen molar-refractivity contribution in [2.45, 2.75) is 38.5 Å². The number of carbonyl (C=O) groups excluding carboxylic acids is 2. The number of esters is 1. The van der Waals surface area contributed by atoms with Crippen molar-refractivity contribution in [3.05, 3.63) is 58.7 Å². The van der Waals surface area contributed by atoms with E-state index in [1.807, 2.05) is 26.0 Å². The van der Waals surface area contributed by atoms with Gasteiger partial charge in [-0.05, 0) is 62.9 Å². The maximum absolute atomic E-state index is 13.1. The largest absolute Gasteiger partial charge is 0.469 e. The number of nitrogens with one attached hydrogen (secondary N) is 1. The van der Waals surface area contributed by atoms with E-state index in [9.17, 15) is 18.0 Å². The van der Waals surface area contributed by atoms with E-state index < -0.39 is 10.0 Å². The van der Waals surface area contributed by atoms with E-state index in [4.69, 9.17) is 4.74 Å². The van der Waals surface area contributed by atoms with Gasteiger partial charge in [0.2, 0.25) is 0 Å². The SMILES string of the molecule is COC(=O)C1CCN(C(=O)c2ccc(C)c(S(=O)(=O)Nc3ccc(C)cc3C)c2)CC1. The molecule has 2 aromatic carbocycles. The van der Waals surface area contributed by atoms with E-state index in [0.717, 1.165) is 11.1 Å². The van der Waals surface area contributed by atoms with E-state index in [1.54, 1.807) is 30.0 Å². The standard InChI is InChI=1S/C23H28N2O5S/c1-15-5-8-20(17(3)13-15)24-31(28,29)21-14-19(7-6-16(21)2)22(26)25-11-9-18(10-12-25)23(27)30-4/h5-8,13-14,18,24H,9-12H2,1-4H3. The summed E-state index contributed by atoms with van der Waals surface area (Å²) >= 11 is 0. The summed E-state index contributed by atoms with van der Waals surface area (Å²) in [5.74, 6) is -0.704. The third-order valence-corrected chi connectivity index (χ3v) is 7.18. The fraction of sp³-hybridized carbons (Fsp3) is 0.391. The van der Waals surface area contributed by atoms with Crippen molar-refractivity contribution in [1.29, 1.82) is 0 Å². The molecule has 0 unspecified atom stereocenters. The third-order valence-electron chi connectivity index (χ3n) is 5.67. The lowest BCUT2D eigenvalue weighted by Crippen LogP contribution is -2.40. The summed E-state index contributed by atoms with van der Waals surface area (Å²) in [6, 6.07) is 10.2. The monoisotopic (exact) mass is 444 g/mol. The second-order valence-electron chi connectivity index (χ2n) is 7.99. The summed E-state index contributed by atoms with van der Waals surface area (Å²) in [4.78, 5) is 26.4. The highest BCUT2D eigenvalue weighted by molar-refractivity contribution is 7.92. The summed E-state index contributed by atoms with van der Waals surface area (Å²) in [5.41, 5.74) is 3.23. The fourth-order valence-electron chi connectivity index (χ4n) is 3.82. The number of aryl methyl sites for hydroxylation is 3. The molecule has 1 fully saturated rings. The van der Waals surface area contributed by atoms with E-state index in [0.29, 0.717) is 42.7 Å². The molecule has 1 heterocycles. The number of benzene rings is 2. The lowest BCUT2D eigenvalue weighted by molar-refractivity contribution is -0.146. The first-order valence-electron chi connectivity index (χ1n) is 10.2. The molecule has 0 saturated carbocycles. The Morgan fingerprint density at radius 2 is 1.68 bits per heavy atom. The Morgan fingerprint density at radius 3 is 2.29 bits per heavy atom. The van der Waals surface area contributed by atoms with Crippen LogP contribution in [0.4, 0.5) is 5.69 Å². The molecule has 0 radical (unpaired) electrons. The van der Waals surface area contributed by atoms with Gasteiger partial charge in [0.15, 0.2) is 0 Å². The topological polar surface area (TPSA) is 92.8 Å². The van der Waals surface area contributed by atoms with E-state index >= 15 is 0 Å². The highest BCUT2D eigenvalue weighted by atomic mass is 32.2. The Kier molecular flexibility index (Phi) is 6.69. The fourth-order valence-corrected chi connectivity index (χ4v) is 5.22. The number of amides is 1. The first kappa shape index (κ1) is 22.8. The zero-order chi connectivity index (χ0) is 22.8. The van der Waals surface area contributed by atoms with Gasteiger partial charge in [-0.2, -0.15) is 0 Å². The molecule has 0 spiro atoms. The molecule has 2 aromatic rings. The first-order chi connectivity index (χ1) is 14.6. The van der Waals surface area contributed by atoms with Crippen LogP contribution in [-0.4, -0.2) is 45.4 Å². The minimum absolute atomic E-state index is 0.0720. The Morgan fingerprint density at radius 1 is 1.00 bits per heavy atom. The van der Waals surface area contributed by atoms with Crippen LogP contribution in [0.15, 0.2) is 41.3 Å². The lowest BCUT2D eigenvalue weighted by Gasteiger charge is -2.30. The van der Waals surface area contributed by atoms with Gasteiger partial charge in [0.1, 0.15) is 0 Å². The minimum Gasteiger partial charge on any atom is -0.469 e. The number of hydrogen-bond donors (Lipinski definition) is 1. The second kappa shape index (κ2) is 9.09. The van der Waals surface area contributed by atoms with Crippen LogP contribution in [0.3, 0.4) is 0 Å². The van der Waals surface area contributed by atoms with Crippen molar-refractivity contribution < 1.29 is 22.7 Å². The summed E-state index contributed by atoms with van der Waals surface area (Å²) in [6.07, 6.45) is 1.06. The van der Waals surface area contributed by atoms with Gasteiger partial charge in [-0.1, -0.05) is 23.8 Å². The molecule has 1 amide bonds. The first-order valence-corrected chi connectivity index (χ1v) is 11.7. The summed E-state index contributed by atoms with van der Waals surface area (Å²) in [6.45, 7) is 6.34. The van der Waals surface area contributed by atoms with Gasteiger partial charge in [0.05, 0.1) is 23.6 Å². The van der Waals surface area contributed by atoms with Crippen LogP contribution < -0.4 is 4.72 Å². The molecule has 0 aliphatic carbocycles. The molecule has 0 bridgehead atoms. The number of hydrogen-bond acceptors (Lipinski definition) is 5. The van der Waals surface area contributed by atoms with E-state index in [1.165, 1.54) is 13.2 Å². The average Bonchev–Trinajstić information content (AvgIpc) is 2.75. The number of ether oxygens (including phenoxy) is 1. The van der Waals surface area contributed by atoms with Gasteiger partial charge in [0.25, 0.3) is 15.9 Å². The number of carbonyl (C=O) groups is 2. The third kappa shape index (κ3) is 5.07. The number of rotatable bonds is 5. The van der Waals surface area contributed by atoms with Crippen molar-refractivity contribution >= 4 is 27.6 Å². The number of nitrogens with zero attached hydrogens (tertiary/aromatic N) is 1. The molecular weight excluding hydrogens is 416 g/mol. The Labute approximate surface area is 183 Å². The predicted octanol–water partition coefficient (Wildman–Crippen LogP) is 3.44. The second-order valence-corrected chi connectivity index (χ2v) is 9.64. The molecule has 31 heavy (non-hydrogen) atoms. The summed E-state index contributed by atoms with van der Waals surface area (Å²) in [5, 5.41) is 0. The van der Waals surface area contributed by atoms with Crippen LogP contribution in [0.1, 0.15) is 39.9 Å². The molecule has 1 saturated heterocycles. The van der Waals surface area contributed by atoms with Crippen molar-refractivity contribution in [1.82, 2.24) is 4.90 Å². The zero-order valence-electron chi connectivity index (χ0n) is 18.3. The van der Waals surface area contributed by atoms with Gasteiger partial charge < -0.3 is 9.64 Å². The number of methoxy groups -OCH3 is 1. The average molecular weight is 445 g/mol. The maximum Gasteiger partial charge on any atom is 0.308 e. The van der Waals surface area contributed by atoms with Gasteiger partial charge >= 0.3 is 5.97 Å². The highest BCUT2D eigenvalue weighted by Gasteiger charge is 2.29. The Balaban J connectivity index is 1.81. The smallest absolute Gasteiger partial charge is 0.308 e. The molecule has 8 heteroatoms. The molecular formula is C23H28N2O5S. The van der Waals surface area contributed by atoms with Crippen LogP contribution in [0.5, 0.6) is 0 Å². The number of piperidine rings is 1. The van der Waals surface area contributed by atoms with Gasteiger partial charge in [-0.25, -0.2) is 8.42 Å². The van der Waals surface area contributed by atoms with Gasteiger partial charge in [0, 0.05) is 18.7 Å². The van der Waals surface area contributed by atoms with Crippen LogP contribution >= 0.6 is 0 Å². The Hall–Kier alpha value is -2.87. The van der Waals surface area contributed by atoms with Crippen molar-refractivity contribution in [2.24, 2.45) is 5.92 Å².